The van der Waals surface area contributed by atoms with Gasteiger partial charge in [-0.05, 0) is 59.4 Å². The summed E-state index contributed by atoms with van der Waals surface area (Å²) in [4.78, 5) is 12.6. The maximum absolute atomic E-state index is 12.6. The lowest BCUT2D eigenvalue weighted by molar-refractivity contribution is 0.0979. The van der Waals surface area contributed by atoms with Crippen molar-refractivity contribution in [1.29, 1.82) is 0 Å². The minimum Gasteiger partial charge on any atom is -0.497 e. The number of methoxy groups -OCH3 is 1. The number of halogens is 1. The fraction of sp³-hybridized carbons (Fsp3) is 0.0526. The zero-order chi connectivity index (χ0) is 17.8. The van der Waals surface area contributed by atoms with Gasteiger partial charge in [0.1, 0.15) is 5.75 Å². The highest BCUT2D eigenvalue weighted by molar-refractivity contribution is 9.10. The zero-order valence-corrected chi connectivity index (χ0v) is 15.8. The maximum Gasteiger partial charge on any atom is 0.258 e. The highest BCUT2D eigenvalue weighted by atomic mass is 79.9. The van der Waals surface area contributed by atoms with Crippen LogP contribution in [0.4, 0.5) is 5.69 Å². The first-order valence-electron chi connectivity index (χ1n) is 7.52. The number of anilines is 1. The molecule has 25 heavy (non-hydrogen) atoms. The Bertz CT molecular complexity index is 942. The van der Waals surface area contributed by atoms with Crippen molar-refractivity contribution in [3.63, 3.8) is 0 Å². The normalized spacial score (nSPS) is 10.3. The van der Waals surface area contributed by atoms with Crippen LogP contribution in [0.25, 0.3) is 10.8 Å². The molecule has 0 bridgehead atoms. The molecule has 0 aliphatic rings. The third kappa shape index (κ3) is 3.97. The number of rotatable bonds is 3. The third-order valence-corrected chi connectivity index (χ3v) is 4.58. The van der Waals surface area contributed by atoms with Gasteiger partial charge in [-0.25, -0.2) is 0 Å². The van der Waals surface area contributed by atoms with Gasteiger partial charge in [0, 0.05) is 15.7 Å². The molecular formula is C19H15BrN2O2S. The van der Waals surface area contributed by atoms with Gasteiger partial charge in [-0.2, -0.15) is 0 Å². The van der Waals surface area contributed by atoms with Gasteiger partial charge in [-0.1, -0.05) is 40.2 Å². The Morgan fingerprint density at radius 3 is 2.40 bits per heavy atom. The molecule has 0 unspecified atom stereocenters. The number of ether oxygens (including phenoxy) is 1. The largest absolute Gasteiger partial charge is 0.497 e. The molecule has 0 fully saturated rings. The van der Waals surface area contributed by atoms with Crippen molar-refractivity contribution in [3.05, 3.63) is 70.7 Å². The number of amides is 1. The third-order valence-electron chi connectivity index (χ3n) is 3.69. The summed E-state index contributed by atoms with van der Waals surface area (Å²) in [6.07, 6.45) is 0. The van der Waals surface area contributed by atoms with E-state index in [2.05, 4.69) is 26.6 Å². The molecular weight excluding hydrogens is 400 g/mol. The van der Waals surface area contributed by atoms with Crippen molar-refractivity contribution in [3.8, 4) is 5.75 Å². The van der Waals surface area contributed by atoms with Crippen LogP contribution < -0.4 is 15.4 Å². The van der Waals surface area contributed by atoms with Crippen molar-refractivity contribution in [2.24, 2.45) is 0 Å². The second-order valence-electron chi connectivity index (χ2n) is 5.28. The summed E-state index contributed by atoms with van der Waals surface area (Å²) in [5.74, 6) is 0.497. The zero-order valence-electron chi connectivity index (χ0n) is 13.4. The molecule has 1 amide bonds. The first-order chi connectivity index (χ1) is 12.1. The first-order valence-corrected chi connectivity index (χ1v) is 8.72. The summed E-state index contributed by atoms with van der Waals surface area (Å²) in [6, 6.07) is 18.6. The molecule has 3 rings (SSSR count). The molecule has 0 atom stereocenters. The summed E-state index contributed by atoms with van der Waals surface area (Å²) in [6.45, 7) is 0. The Morgan fingerprint density at radius 2 is 1.68 bits per heavy atom. The number of fused-ring (bicyclic) bond motifs is 1. The minimum atomic E-state index is -0.255. The highest BCUT2D eigenvalue weighted by Crippen LogP contribution is 2.26. The first kappa shape index (κ1) is 17.4. The lowest BCUT2D eigenvalue weighted by Gasteiger charge is -2.11. The van der Waals surface area contributed by atoms with E-state index in [1.807, 2.05) is 54.6 Å². The lowest BCUT2D eigenvalue weighted by Crippen LogP contribution is -2.34. The summed E-state index contributed by atoms with van der Waals surface area (Å²) in [5.41, 5.74) is 1.34. The van der Waals surface area contributed by atoms with Crippen LogP contribution in [-0.2, 0) is 0 Å². The molecule has 4 nitrogen and oxygen atoms in total. The van der Waals surface area contributed by atoms with Crippen molar-refractivity contribution in [1.82, 2.24) is 5.32 Å². The summed E-state index contributed by atoms with van der Waals surface area (Å²) >= 11 is 8.75. The van der Waals surface area contributed by atoms with Gasteiger partial charge in [-0.15, -0.1) is 0 Å². The van der Waals surface area contributed by atoms with Crippen LogP contribution in [0, 0.1) is 0 Å². The summed E-state index contributed by atoms with van der Waals surface area (Å²) in [5, 5.41) is 7.78. The number of carbonyl (C=O) groups excluding carboxylic acids is 1. The number of hydrogen-bond acceptors (Lipinski definition) is 3. The topological polar surface area (TPSA) is 50.4 Å². The number of carbonyl (C=O) groups is 1. The predicted molar refractivity (Wildman–Crippen MR) is 108 cm³/mol. The molecule has 0 heterocycles. The van der Waals surface area contributed by atoms with Gasteiger partial charge in [0.2, 0.25) is 0 Å². The van der Waals surface area contributed by atoms with Crippen LogP contribution in [0.3, 0.4) is 0 Å². The van der Waals surface area contributed by atoms with Crippen molar-refractivity contribution < 1.29 is 9.53 Å². The van der Waals surface area contributed by atoms with Crippen molar-refractivity contribution in [2.75, 3.05) is 12.4 Å². The van der Waals surface area contributed by atoms with Gasteiger partial charge >= 0.3 is 0 Å². The highest BCUT2D eigenvalue weighted by Gasteiger charge is 2.12. The van der Waals surface area contributed by atoms with Crippen molar-refractivity contribution >= 4 is 55.6 Å². The quantitative estimate of drug-likeness (QED) is 0.607. The van der Waals surface area contributed by atoms with Crippen molar-refractivity contribution in [2.45, 2.75) is 0 Å². The number of benzene rings is 3. The van der Waals surface area contributed by atoms with E-state index in [0.29, 0.717) is 5.56 Å². The molecule has 0 saturated carbocycles. The van der Waals surface area contributed by atoms with Crippen LogP contribution >= 0.6 is 28.1 Å². The standard InChI is InChI=1S/C19H15BrN2O2S/c1-24-13-10-8-12(9-11-13)21-19(25)22-18(23)16-6-2-5-15-14(16)4-3-7-17(15)20/h2-11H,1H3,(H2,21,22,23,25). The molecule has 0 aliphatic heterocycles. The van der Waals surface area contributed by atoms with Gasteiger partial charge in [0.15, 0.2) is 5.11 Å². The van der Waals surface area contributed by atoms with Gasteiger partial charge in [0.05, 0.1) is 7.11 Å². The monoisotopic (exact) mass is 414 g/mol. The predicted octanol–water partition coefficient (Wildman–Crippen LogP) is 4.74. The smallest absolute Gasteiger partial charge is 0.258 e. The van der Waals surface area contributed by atoms with E-state index < -0.39 is 0 Å². The van der Waals surface area contributed by atoms with Gasteiger partial charge < -0.3 is 10.1 Å². The molecule has 0 radical (unpaired) electrons. The molecule has 3 aromatic rings. The van der Waals surface area contributed by atoms with E-state index in [0.717, 1.165) is 26.7 Å². The lowest BCUT2D eigenvalue weighted by atomic mass is 10.0. The molecule has 6 heteroatoms. The SMILES string of the molecule is COc1ccc(NC(=S)NC(=O)c2cccc3c(Br)cccc23)cc1. The Hall–Kier alpha value is -2.44. The van der Waals surface area contributed by atoms with Crippen LogP contribution in [-0.4, -0.2) is 18.1 Å². The van der Waals surface area contributed by atoms with Gasteiger partial charge in [0.25, 0.3) is 5.91 Å². The molecule has 0 aromatic heterocycles. The van der Waals surface area contributed by atoms with E-state index in [-0.39, 0.29) is 11.0 Å². The fourth-order valence-electron chi connectivity index (χ4n) is 2.48. The average Bonchev–Trinajstić information content (AvgIpc) is 2.62. The number of nitrogens with one attached hydrogen (secondary N) is 2. The summed E-state index contributed by atoms with van der Waals surface area (Å²) in [7, 11) is 1.61. The maximum atomic E-state index is 12.6. The fourth-order valence-corrected chi connectivity index (χ4v) is 3.19. The summed E-state index contributed by atoms with van der Waals surface area (Å²) < 4.78 is 6.06. The van der Waals surface area contributed by atoms with E-state index in [4.69, 9.17) is 17.0 Å². The van der Waals surface area contributed by atoms with E-state index in [1.165, 1.54) is 0 Å². The van der Waals surface area contributed by atoms with E-state index >= 15 is 0 Å². The average molecular weight is 415 g/mol. The van der Waals surface area contributed by atoms with Crippen LogP contribution in [0.5, 0.6) is 5.75 Å². The van der Waals surface area contributed by atoms with Crippen LogP contribution in [0.1, 0.15) is 10.4 Å². The Kier molecular flexibility index (Phi) is 5.31. The van der Waals surface area contributed by atoms with E-state index in [9.17, 15) is 4.79 Å². The van der Waals surface area contributed by atoms with Crippen LogP contribution in [0.2, 0.25) is 0 Å². The van der Waals surface area contributed by atoms with E-state index in [1.54, 1.807) is 13.2 Å². The van der Waals surface area contributed by atoms with Crippen LogP contribution in [0.15, 0.2) is 65.1 Å². The Balaban J connectivity index is 1.75. The minimum absolute atomic E-state index is 0.238. The molecule has 0 spiro atoms. The Morgan fingerprint density at radius 1 is 1.00 bits per heavy atom. The molecule has 126 valence electrons. The molecule has 3 aromatic carbocycles. The van der Waals surface area contributed by atoms with Gasteiger partial charge in [-0.3, -0.25) is 10.1 Å². The molecule has 2 N–H and O–H groups in total. The number of hydrogen-bond donors (Lipinski definition) is 2. The molecule has 0 aliphatic carbocycles. The Labute approximate surface area is 159 Å². The number of thiocarbonyl (C=S) groups is 1. The second-order valence-corrected chi connectivity index (χ2v) is 6.54. The second kappa shape index (κ2) is 7.63. The molecule has 0 saturated heterocycles.